The molecule has 0 saturated heterocycles. The third-order valence-corrected chi connectivity index (χ3v) is 1.53. The fraction of sp³-hybridized carbons (Fsp3) is 0.286. The van der Waals surface area contributed by atoms with Crippen molar-refractivity contribution in [2.45, 2.75) is 13.5 Å². The molecule has 0 bridgehead atoms. The highest BCUT2D eigenvalue weighted by Crippen LogP contribution is 2.20. The van der Waals surface area contributed by atoms with Gasteiger partial charge in [0.2, 0.25) is 0 Å². The summed E-state index contributed by atoms with van der Waals surface area (Å²) in [6.07, 6.45) is 1.44. The van der Waals surface area contributed by atoms with E-state index in [-0.39, 0.29) is 11.4 Å². The maximum atomic E-state index is 10.5. The van der Waals surface area contributed by atoms with Gasteiger partial charge in [0.25, 0.3) is 5.69 Å². The molecular formula is C7H8N2O3. The van der Waals surface area contributed by atoms with E-state index in [1.807, 2.05) is 0 Å². The minimum atomic E-state index is -0.534. The minimum Gasteiger partial charge on any atom is -0.390 e. The van der Waals surface area contributed by atoms with Crippen LogP contribution >= 0.6 is 0 Å². The topological polar surface area (TPSA) is 76.3 Å². The van der Waals surface area contributed by atoms with Crippen molar-refractivity contribution in [2.24, 2.45) is 0 Å². The van der Waals surface area contributed by atoms with Crippen molar-refractivity contribution in [3.8, 4) is 0 Å². The minimum absolute atomic E-state index is 0.0972. The summed E-state index contributed by atoms with van der Waals surface area (Å²) in [6, 6.07) is 1.54. The van der Waals surface area contributed by atoms with Crippen LogP contribution in [0.1, 0.15) is 11.3 Å². The summed E-state index contributed by atoms with van der Waals surface area (Å²) in [6.45, 7) is 1.21. The standard InChI is InChI=1S/C7H8N2O3/c1-5-2-3-8-6(4-10)7(5)9(11)12/h2-3,10H,4H2,1H3. The van der Waals surface area contributed by atoms with Gasteiger partial charge in [0.05, 0.1) is 11.5 Å². The zero-order valence-corrected chi connectivity index (χ0v) is 6.52. The normalized spacial score (nSPS) is 9.83. The second kappa shape index (κ2) is 3.27. The Morgan fingerprint density at radius 3 is 2.83 bits per heavy atom. The van der Waals surface area contributed by atoms with Crippen LogP contribution in [0.3, 0.4) is 0 Å². The van der Waals surface area contributed by atoms with Crippen molar-refractivity contribution in [3.05, 3.63) is 33.6 Å². The first-order valence-electron chi connectivity index (χ1n) is 3.36. The van der Waals surface area contributed by atoms with Crippen molar-refractivity contribution >= 4 is 5.69 Å². The summed E-state index contributed by atoms with van der Waals surface area (Å²) in [5, 5.41) is 19.2. The molecule has 0 unspecified atom stereocenters. The van der Waals surface area contributed by atoms with Crippen molar-refractivity contribution in [3.63, 3.8) is 0 Å². The van der Waals surface area contributed by atoms with Gasteiger partial charge in [-0.2, -0.15) is 0 Å². The lowest BCUT2D eigenvalue weighted by Gasteiger charge is -1.99. The van der Waals surface area contributed by atoms with Gasteiger partial charge in [-0.25, -0.2) is 0 Å². The van der Waals surface area contributed by atoms with Gasteiger partial charge in [-0.1, -0.05) is 0 Å². The molecule has 12 heavy (non-hydrogen) atoms. The van der Waals surface area contributed by atoms with Crippen LogP contribution in [-0.4, -0.2) is 15.0 Å². The van der Waals surface area contributed by atoms with E-state index < -0.39 is 11.5 Å². The van der Waals surface area contributed by atoms with Crippen LogP contribution in [0.4, 0.5) is 5.69 Å². The predicted octanol–water partition coefficient (Wildman–Crippen LogP) is 0.791. The first kappa shape index (κ1) is 8.61. The van der Waals surface area contributed by atoms with Gasteiger partial charge in [-0.15, -0.1) is 0 Å². The summed E-state index contributed by atoms with van der Waals surface area (Å²) in [7, 11) is 0. The van der Waals surface area contributed by atoms with Crippen LogP contribution in [0.5, 0.6) is 0 Å². The number of nitrogens with zero attached hydrogens (tertiary/aromatic N) is 2. The average molecular weight is 168 g/mol. The second-order valence-electron chi connectivity index (χ2n) is 2.34. The van der Waals surface area contributed by atoms with Crippen molar-refractivity contribution < 1.29 is 10.0 Å². The Balaban J connectivity index is 3.29. The van der Waals surface area contributed by atoms with Crippen LogP contribution in [0, 0.1) is 17.0 Å². The van der Waals surface area contributed by atoms with Crippen molar-refractivity contribution in [2.75, 3.05) is 0 Å². The molecule has 5 nitrogen and oxygen atoms in total. The molecule has 0 aliphatic heterocycles. The summed E-state index contributed by atoms with van der Waals surface area (Å²) < 4.78 is 0. The summed E-state index contributed by atoms with van der Waals surface area (Å²) in [5.41, 5.74) is 0.527. The fourth-order valence-corrected chi connectivity index (χ4v) is 0.972. The molecule has 1 N–H and O–H groups in total. The third kappa shape index (κ3) is 1.40. The largest absolute Gasteiger partial charge is 0.390 e. The molecule has 0 fully saturated rings. The predicted molar refractivity (Wildman–Crippen MR) is 41.6 cm³/mol. The Hall–Kier alpha value is -1.49. The first-order chi connectivity index (χ1) is 5.66. The molecular weight excluding hydrogens is 160 g/mol. The Kier molecular flexibility index (Phi) is 2.35. The van der Waals surface area contributed by atoms with E-state index in [1.54, 1.807) is 6.92 Å². The van der Waals surface area contributed by atoms with E-state index in [0.717, 1.165) is 0 Å². The number of aliphatic hydroxyl groups is 1. The molecule has 1 aromatic rings. The lowest BCUT2D eigenvalue weighted by atomic mass is 10.2. The van der Waals surface area contributed by atoms with Crippen molar-refractivity contribution in [1.29, 1.82) is 0 Å². The second-order valence-corrected chi connectivity index (χ2v) is 2.34. The maximum Gasteiger partial charge on any atom is 0.295 e. The molecule has 0 spiro atoms. The van der Waals surface area contributed by atoms with E-state index in [4.69, 9.17) is 5.11 Å². The van der Waals surface area contributed by atoms with Crippen LogP contribution < -0.4 is 0 Å². The Bertz CT molecular complexity index is 312. The molecule has 1 heterocycles. The van der Waals surface area contributed by atoms with E-state index >= 15 is 0 Å². The summed E-state index contributed by atoms with van der Waals surface area (Å²) in [5.74, 6) is 0. The molecule has 0 atom stereocenters. The highest BCUT2D eigenvalue weighted by Gasteiger charge is 2.16. The van der Waals surface area contributed by atoms with Gasteiger partial charge < -0.3 is 5.11 Å². The third-order valence-electron chi connectivity index (χ3n) is 1.53. The SMILES string of the molecule is Cc1ccnc(CO)c1[N+](=O)[O-]. The Morgan fingerprint density at radius 2 is 2.42 bits per heavy atom. The van der Waals surface area contributed by atoms with Crippen molar-refractivity contribution in [1.82, 2.24) is 4.98 Å². The number of pyridine rings is 1. The number of aryl methyl sites for hydroxylation is 1. The average Bonchev–Trinajstić information content (AvgIpc) is 2.03. The molecule has 5 heteroatoms. The number of aromatic nitrogens is 1. The molecule has 0 radical (unpaired) electrons. The molecule has 0 amide bonds. The molecule has 0 aromatic carbocycles. The van der Waals surface area contributed by atoms with Crippen LogP contribution in [0.2, 0.25) is 0 Å². The summed E-state index contributed by atoms with van der Waals surface area (Å²) >= 11 is 0. The van der Waals surface area contributed by atoms with Crippen LogP contribution in [0.15, 0.2) is 12.3 Å². The first-order valence-corrected chi connectivity index (χ1v) is 3.36. The van der Waals surface area contributed by atoms with Crippen LogP contribution in [0.25, 0.3) is 0 Å². The van der Waals surface area contributed by atoms with Gasteiger partial charge in [0.1, 0.15) is 5.69 Å². The van der Waals surface area contributed by atoms with Gasteiger partial charge in [-0.3, -0.25) is 15.1 Å². The number of rotatable bonds is 2. The molecule has 64 valence electrons. The fourth-order valence-electron chi connectivity index (χ4n) is 0.972. The number of nitro groups is 1. The number of hydrogen-bond donors (Lipinski definition) is 1. The molecule has 1 rings (SSSR count). The monoisotopic (exact) mass is 168 g/mol. The van der Waals surface area contributed by atoms with Crippen LogP contribution in [-0.2, 0) is 6.61 Å². The lowest BCUT2D eigenvalue weighted by Crippen LogP contribution is -2.00. The van der Waals surface area contributed by atoms with E-state index in [9.17, 15) is 10.1 Å². The summed E-state index contributed by atoms with van der Waals surface area (Å²) in [4.78, 5) is 13.6. The zero-order chi connectivity index (χ0) is 9.14. The van der Waals surface area contributed by atoms with Gasteiger partial charge >= 0.3 is 0 Å². The molecule has 0 aliphatic carbocycles. The quantitative estimate of drug-likeness (QED) is 0.523. The molecule has 0 aliphatic rings. The molecule has 0 saturated carbocycles. The van der Waals surface area contributed by atoms with Gasteiger partial charge in [0, 0.05) is 11.8 Å². The maximum absolute atomic E-state index is 10.5. The Morgan fingerprint density at radius 1 is 1.75 bits per heavy atom. The van der Waals surface area contributed by atoms with Gasteiger partial charge in [0.15, 0.2) is 0 Å². The zero-order valence-electron chi connectivity index (χ0n) is 6.52. The van der Waals surface area contributed by atoms with Gasteiger partial charge in [-0.05, 0) is 13.0 Å². The molecule has 1 aromatic heterocycles. The van der Waals surface area contributed by atoms with E-state index in [0.29, 0.717) is 5.56 Å². The lowest BCUT2D eigenvalue weighted by molar-refractivity contribution is -0.386. The highest BCUT2D eigenvalue weighted by atomic mass is 16.6. The smallest absolute Gasteiger partial charge is 0.295 e. The highest BCUT2D eigenvalue weighted by molar-refractivity contribution is 5.42. The van der Waals surface area contributed by atoms with E-state index in [2.05, 4.69) is 4.98 Å². The Labute approximate surface area is 68.8 Å². The number of aliphatic hydroxyl groups excluding tert-OH is 1. The van der Waals surface area contributed by atoms with E-state index in [1.165, 1.54) is 12.3 Å². The number of hydrogen-bond acceptors (Lipinski definition) is 4.